The first-order valence-corrected chi connectivity index (χ1v) is 10.8. The molecule has 0 amide bonds. The second-order valence-electron chi connectivity index (χ2n) is 8.63. The Balaban J connectivity index is 1.87. The third-order valence-electron chi connectivity index (χ3n) is 7.12. The highest BCUT2D eigenvalue weighted by Gasteiger charge is 2.80. The van der Waals surface area contributed by atoms with Crippen molar-refractivity contribution >= 4 is 5.90 Å². The molecule has 0 spiro atoms. The number of rotatable bonds is 1. The van der Waals surface area contributed by atoms with Crippen LogP contribution in [0.25, 0.3) is 0 Å². The van der Waals surface area contributed by atoms with Gasteiger partial charge in [0.15, 0.2) is 11.5 Å². The minimum Gasteiger partial charge on any atom is -0.466 e. The predicted octanol–water partition coefficient (Wildman–Crippen LogP) is 5.13. The van der Waals surface area contributed by atoms with Gasteiger partial charge >= 0.3 is 0 Å². The van der Waals surface area contributed by atoms with Crippen molar-refractivity contribution in [2.75, 3.05) is 0 Å². The van der Waals surface area contributed by atoms with Crippen molar-refractivity contribution in [2.45, 2.75) is 76.1 Å². The third-order valence-corrected chi connectivity index (χ3v) is 7.12. The van der Waals surface area contributed by atoms with Crippen molar-refractivity contribution in [1.82, 2.24) is 0 Å². The van der Waals surface area contributed by atoms with Crippen LogP contribution in [0, 0.1) is 56.2 Å². The van der Waals surface area contributed by atoms with Gasteiger partial charge in [0.25, 0.3) is 0 Å². The van der Waals surface area contributed by atoms with Gasteiger partial charge in [0.2, 0.25) is 17.1 Å². The second-order valence-corrected chi connectivity index (χ2v) is 8.63. The van der Waals surface area contributed by atoms with Crippen LogP contribution in [-0.4, -0.2) is 11.7 Å². The Morgan fingerprint density at radius 2 is 1.60 bits per heavy atom. The summed E-state index contributed by atoms with van der Waals surface area (Å²) < 4.78 is 18.0. The maximum atomic E-state index is 10.4. The Morgan fingerprint density at radius 1 is 0.933 bits per heavy atom. The number of furan rings is 1. The van der Waals surface area contributed by atoms with Crippen molar-refractivity contribution in [3.8, 4) is 18.2 Å². The molecule has 2 aliphatic heterocycles. The first kappa shape index (κ1) is 20.5. The van der Waals surface area contributed by atoms with Gasteiger partial charge in [0, 0.05) is 6.42 Å². The monoisotopic (exact) mass is 406 g/mol. The van der Waals surface area contributed by atoms with Crippen LogP contribution in [0.1, 0.15) is 76.1 Å². The molecule has 2 saturated heterocycles. The van der Waals surface area contributed by atoms with E-state index in [2.05, 4.69) is 18.2 Å². The molecule has 3 heterocycles. The molecule has 1 N–H and O–H groups in total. The average molecular weight is 406 g/mol. The molecular weight excluding hydrogens is 380 g/mol. The topological polar surface area (TPSA) is 127 Å². The molecule has 7 heteroatoms. The molecule has 0 aromatic carbocycles. The Kier molecular flexibility index (Phi) is 5.31. The molecule has 3 fully saturated rings. The van der Waals surface area contributed by atoms with Crippen LogP contribution in [0.4, 0.5) is 0 Å². The molecule has 2 bridgehead atoms. The standard InChI is InChI=1S/C23H26N4O3/c24-14-21(15-25)19(17-10-9-13-28-17)29-23-12-8-6-4-2-1-3-5-7-11-18(23)22(21,16-26)20(27)30-23/h9-10,13,18-19,27H,1-8,11-12H2. The van der Waals surface area contributed by atoms with E-state index in [-0.39, 0.29) is 5.90 Å². The molecule has 4 rings (SSSR count). The van der Waals surface area contributed by atoms with Gasteiger partial charge in [-0.25, -0.2) is 0 Å². The van der Waals surface area contributed by atoms with Crippen molar-refractivity contribution in [1.29, 1.82) is 21.2 Å². The van der Waals surface area contributed by atoms with Crippen LogP contribution >= 0.6 is 0 Å². The first-order chi connectivity index (χ1) is 14.6. The van der Waals surface area contributed by atoms with Gasteiger partial charge in [-0.15, -0.1) is 0 Å². The third kappa shape index (κ3) is 2.68. The van der Waals surface area contributed by atoms with E-state index in [9.17, 15) is 15.8 Å². The van der Waals surface area contributed by atoms with E-state index in [1.807, 2.05) is 0 Å². The molecule has 0 radical (unpaired) electrons. The van der Waals surface area contributed by atoms with Crippen LogP contribution in [0.5, 0.6) is 0 Å². The summed E-state index contributed by atoms with van der Waals surface area (Å²) in [4.78, 5) is 0. The Hall–Kier alpha value is -2.82. The number of nitriles is 3. The molecule has 156 valence electrons. The molecule has 1 aromatic heterocycles. The van der Waals surface area contributed by atoms with Crippen LogP contribution in [0.15, 0.2) is 22.8 Å². The zero-order chi connectivity index (χ0) is 21.2. The summed E-state index contributed by atoms with van der Waals surface area (Å²) in [7, 11) is 0. The number of ether oxygens (including phenoxy) is 2. The van der Waals surface area contributed by atoms with E-state index in [0.29, 0.717) is 18.6 Å². The zero-order valence-corrected chi connectivity index (χ0v) is 17.0. The minimum atomic E-state index is -1.93. The summed E-state index contributed by atoms with van der Waals surface area (Å²) in [6.07, 6.45) is 9.80. The predicted molar refractivity (Wildman–Crippen MR) is 105 cm³/mol. The van der Waals surface area contributed by atoms with Crippen molar-refractivity contribution in [3.05, 3.63) is 24.2 Å². The summed E-state index contributed by atoms with van der Waals surface area (Å²) in [6, 6.07) is 9.71. The van der Waals surface area contributed by atoms with Crippen LogP contribution in [-0.2, 0) is 9.47 Å². The smallest absolute Gasteiger partial charge is 0.217 e. The maximum absolute atomic E-state index is 10.4. The fourth-order valence-corrected chi connectivity index (χ4v) is 5.62. The van der Waals surface area contributed by atoms with Crippen LogP contribution in [0.2, 0.25) is 0 Å². The van der Waals surface area contributed by atoms with Gasteiger partial charge in [-0.05, 0) is 25.0 Å². The SMILES string of the molecule is N#CC1(C#N)C(c2ccco2)OC23CCCCCCCCCCC2C1(C#N)C(=N)O3. The van der Waals surface area contributed by atoms with E-state index in [4.69, 9.17) is 19.3 Å². The lowest BCUT2D eigenvalue weighted by atomic mass is 9.52. The molecule has 1 aromatic rings. The molecule has 3 aliphatic rings. The Morgan fingerprint density at radius 3 is 2.20 bits per heavy atom. The molecule has 1 aliphatic carbocycles. The summed E-state index contributed by atoms with van der Waals surface area (Å²) >= 11 is 0. The Bertz CT molecular complexity index is 908. The maximum Gasteiger partial charge on any atom is 0.217 e. The summed E-state index contributed by atoms with van der Waals surface area (Å²) in [5.74, 6) is -1.75. The van der Waals surface area contributed by atoms with Crippen LogP contribution < -0.4 is 0 Å². The lowest BCUT2D eigenvalue weighted by molar-refractivity contribution is -0.291. The van der Waals surface area contributed by atoms with Gasteiger partial charge in [-0.1, -0.05) is 44.9 Å². The van der Waals surface area contributed by atoms with Crippen molar-refractivity contribution < 1.29 is 13.9 Å². The second kappa shape index (κ2) is 7.78. The minimum absolute atomic E-state index is 0.306. The molecule has 4 atom stereocenters. The van der Waals surface area contributed by atoms with E-state index < -0.39 is 28.6 Å². The number of hydrogen-bond donors (Lipinski definition) is 1. The number of nitrogens with one attached hydrogen (secondary N) is 1. The highest BCUT2D eigenvalue weighted by Crippen LogP contribution is 2.68. The van der Waals surface area contributed by atoms with E-state index in [1.165, 1.54) is 19.1 Å². The van der Waals surface area contributed by atoms with Gasteiger partial charge in [0.1, 0.15) is 5.76 Å². The van der Waals surface area contributed by atoms with E-state index in [0.717, 1.165) is 38.5 Å². The summed E-state index contributed by atoms with van der Waals surface area (Å²) in [5.41, 5.74) is -3.63. The highest BCUT2D eigenvalue weighted by molar-refractivity contribution is 5.89. The molecular formula is C23H26N4O3. The zero-order valence-electron chi connectivity index (χ0n) is 17.0. The molecule has 30 heavy (non-hydrogen) atoms. The number of nitrogens with zero attached hydrogens (tertiary/aromatic N) is 3. The molecule has 1 saturated carbocycles. The summed E-state index contributed by atoms with van der Waals surface area (Å²) in [6.45, 7) is 0. The highest BCUT2D eigenvalue weighted by atomic mass is 16.7. The normalized spacial score (nSPS) is 36.0. The quantitative estimate of drug-likeness (QED) is 0.689. The fourth-order valence-electron chi connectivity index (χ4n) is 5.62. The molecule has 4 unspecified atom stereocenters. The van der Waals surface area contributed by atoms with Gasteiger partial charge in [-0.2, -0.15) is 15.8 Å². The van der Waals surface area contributed by atoms with Crippen molar-refractivity contribution in [3.63, 3.8) is 0 Å². The van der Waals surface area contributed by atoms with Gasteiger partial charge < -0.3 is 13.9 Å². The summed E-state index contributed by atoms with van der Waals surface area (Å²) in [5, 5.41) is 39.6. The van der Waals surface area contributed by atoms with E-state index in [1.54, 1.807) is 12.1 Å². The van der Waals surface area contributed by atoms with Crippen molar-refractivity contribution in [2.24, 2.45) is 16.7 Å². The molecule has 7 nitrogen and oxygen atoms in total. The first-order valence-electron chi connectivity index (χ1n) is 10.8. The average Bonchev–Trinajstić information content (AvgIpc) is 3.33. The van der Waals surface area contributed by atoms with Crippen LogP contribution in [0.3, 0.4) is 0 Å². The lowest BCUT2D eigenvalue weighted by Crippen LogP contribution is -2.59. The van der Waals surface area contributed by atoms with Gasteiger partial charge in [-0.3, -0.25) is 5.41 Å². The number of hydrogen-bond acceptors (Lipinski definition) is 7. The Labute approximate surface area is 176 Å². The van der Waals surface area contributed by atoms with E-state index >= 15 is 0 Å². The van der Waals surface area contributed by atoms with Gasteiger partial charge in [0.05, 0.1) is 30.4 Å². The lowest BCUT2D eigenvalue weighted by Gasteiger charge is -2.49. The largest absolute Gasteiger partial charge is 0.466 e. The fraction of sp³-hybridized carbons (Fsp3) is 0.652.